The van der Waals surface area contributed by atoms with Crippen LogP contribution >= 0.6 is 0 Å². The number of amides is 2. The van der Waals surface area contributed by atoms with E-state index in [-0.39, 0.29) is 30.1 Å². The van der Waals surface area contributed by atoms with Crippen molar-refractivity contribution < 1.29 is 9.59 Å². The molecule has 110 valence electrons. The van der Waals surface area contributed by atoms with E-state index >= 15 is 0 Å². The molecule has 0 aliphatic carbocycles. The van der Waals surface area contributed by atoms with Crippen molar-refractivity contribution in [2.75, 3.05) is 12.3 Å². The van der Waals surface area contributed by atoms with Gasteiger partial charge in [0.15, 0.2) is 0 Å². The Morgan fingerprint density at radius 3 is 2.50 bits per heavy atom. The van der Waals surface area contributed by atoms with Gasteiger partial charge in [-0.2, -0.15) is 0 Å². The van der Waals surface area contributed by atoms with Crippen molar-refractivity contribution in [3.05, 3.63) is 28.7 Å². The van der Waals surface area contributed by atoms with Crippen molar-refractivity contribution in [3.63, 3.8) is 0 Å². The van der Waals surface area contributed by atoms with Crippen LogP contribution in [0.4, 0.5) is 5.69 Å². The van der Waals surface area contributed by atoms with Gasteiger partial charge in [-0.15, -0.1) is 0 Å². The number of rotatable bonds is 4. The summed E-state index contributed by atoms with van der Waals surface area (Å²) in [4.78, 5) is 34.7. The smallest absolute Gasteiger partial charge is 0.251 e. The molecule has 7 heteroatoms. The van der Waals surface area contributed by atoms with Crippen LogP contribution in [0, 0.1) is 0 Å². The molecule has 0 bridgehead atoms. The van der Waals surface area contributed by atoms with Gasteiger partial charge in [-0.3, -0.25) is 14.4 Å². The Morgan fingerprint density at radius 2 is 1.90 bits per heavy atom. The number of anilines is 1. The van der Waals surface area contributed by atoms with Crippen LogP contribution in [0.1, 0.15) is 20.8 Å². The van der Waals surface area contributed by atoms with Crippen LogP contribution in [0.15, 0.2) is 23.1 Å². The predicted molar refractivity (Wildman–Crippen MR) is 76.0 cm³/mol. The first-order chi connectivity index (χ1) is 9.17. The molecule has 1 aromatic rings. The summed E-state index contributed by atoms with van der Waals surface area (Å²) in [5.41, 5.74) is 5.25. The predicted octanol–water partition coefficient (Wildman–Crippen LogP) is -0.539. The second kappa shape index (κ2) is 6.23. The number of nitrogens with zero attached hydrogens (tertiary/aromatic N) is 1. The Morgan fingerprint density at radius 1 is 1.25 bits per heavy atom. The zero-order chi connectivity index (χ0) is 15.3. The summed E-state index contributed by atoms with van der Waals surface area (Å²) >= 11 is 0. The van der Waals surface area contributed by atoms with Crippen LogP contribution in [0.3, 0.4) is 0 Å². The van der Waals surface area contributed by atoms with E-state index in [9.17, 15) is 14.4 Å². The molecule has 1 rings (SSSR count). The fourth-order valence-corrected chi connectivity index (χ4v) is 1.53. The highest BCUT2D eigenvalue weighted by atomic mass is 16.2. The maximum Gasteiger partial charge on any atom is 0.251 e. The molecule has 0 radical (unpaired) electrons. The minimum absolute atomic E-state index is 0.132. The van der Waals surface area contributed by atoms with Crippen LogP contribution in [-0.4, -0.2) is 28.5 Å². The number of nitrogens with two attached hydrogens (primary N) is 1. The third-order valence-corrected chi connectivity index (χ3v) is 2.28. The number of carbonyl (C=O) groups excluding carboxylic acids is 2. The van der Waals surface area contributed by atoms with E-state index in [4.69, 9.17) is 5.73 Å². The number of pyridine rings is 1. The van der Waals surface area contributed by atoms with Crippen molar-refractivity contribution in [2.24, 2.45) is 0 Å². The van der Waals surface area contributed by atoms with E-state index in [1.165, 1.54) is 22.9 Å². The highest BCUT2D eigenvalue weighted by molar-refractivity contribution is 5.84. The molecular formula is C13H20N4O3. The lowest BCUT2D eigenvalue weighted by Gasteiger charge is -2.20. The Balaban J connectivity index is 2.50. The summed E-state index contributed by atoms with van der Waals surface area (Å²) in [7, 11) is 0. The molecule has 4 N–H and O–H groups in total. The second-order valence-electron chi connectivity index (χ2n) is 5.50. The van der Waals surface area contributed by atoms with Gasteiger partial charge in [-0.05, 0) is 26.8 Å². The van der Waals surface area contributed by atoms with E-state index < -0.39 is 5.91 Å². The van der Waals surface area contributed by atoms with Crippen LogP contribution in [0.2, 0.25) is 0 Å². The third kappa shape index (κ3) is 5.55. The van der Waals surface area contributed by atoms with Gasteiger partial charge in [0.1, 0.15) is 6.54 Å². The monoisotopic (exact) mass is 280 g/mol. The number of hydrogen-bond donors (Lipinski definition) is 3. The Kier molecular flexibility index (Phi) is 4.90. The van der Waals surface area contributed by atoms with E-state index in [0.717, 1.165) is 0 Å². The molecule has 20 heavy (non-hydrogen) atoms. The average Bonchev–Trinajstić information content (AvgIpc) is 2.29. The van der Waals surface area contributed by atoms with Gasteiger partial charge in [-0.1, -0.05) is 0 Å². The van der Waals surface area contributed by atoms with Gasteiger partial charge >= 0.3 is 0 Å². The first kappa shape index (κ1) is 15.7. The van der Waals surface area contributed by atoms with Gasteiger partial charge < -0.3 is 20.9 Å². The topological polar surface area (TPSA) is 106 Å². The Hall–Kier alpha value is -2.31. The quantitative estimate of drug-likeness (QED) is 0.688. The molecule has 0 aromatic carbocycles. The molecule has 0 saturated carbocycles. The largest absolute Gasteiger partial charge is 0.398 e. The second-order valence-corrected chi connectivity index (χ2v) is 5.50. The first-order valence-electron chi connectivity index (χ1n) is 6.21. The third-order valence-electron chi connectivity index (χ3n) is 2.28. The van der Waals surface area contributed by atoms with Gasteiger partial charge in [-0.25, -0.2) is 0 Å². The van der Waals surface area contributed by atoms with E-state index in [0.29, 0.717) is 5.69 Å². The minimum Gasteiger partial charge on any atom is -0.398 e. The maximum absolute atomic E-state index is 11.7. The van der Waals surface area contributed by atoms with E-state index in [1.54, 1.807) is 0 Å². The molecule has 7 nitrogen and oxygen atoms in total. The number of hydrogen-bond acceptors (Lipinski definition) is 4. The van der Waals surface area contributed by atoms with Gasteiger partial charge in [0.25, 0.3) is 5.56 Å². The van der Waals surface area contributed by atoms with E-state index in [1.807, 2.05) is 20.8 Å². The molecule has 0 fully saturated rings. The molecule has 0 aliphatic heterocycles. The molecular weight excluding hydrogens is 260 g/mol. The lowest BCUT2D eigenvalue weighted by molar-refractivity contribution is -0.127. The molecule has 2 amide bonds. The number of carbonyl (C=O) groups is 2. The zero-order valence-corrected chi connectivity index (χ0v) is 11.9. The maximum atomic E-state index is 11.7. The molecule has 0 aliphatic rings. The average molecular weight is 280 g/mol. The van der Waals surface area contributed by atoms with Crippen LogP contribution < -0.4 is 21.9 Å². The highest BCUT2D eigenvalue weighted by Gasteiger charge is 2.14. The van der Waals surface area contributed by atoms with Crippen molar-refractivity contribution in [1.29, 1.82) is 0 Å². The number of nitrogens with one attached hydrogen (secondary N) is 2. The van der Waals surface area contributed by atoms with Gasteiger partial charge in [0.2, 0.25) is 11.8 Å². The van der Waals surface area contributed by atoms with Crippen LogP contribution in [-0.2, 0) is 16.1 Å². The molecule has 0 atom stereocenters. The Bertz CT molecular complexity index is 557. The SMILES string of the molecule is CC(C)(C)NC(=O)CNC(=O)Cn1cc(N)ccc1=O. The van der Waals surface area contributed by atoms with Gasteiger partial charge in [0.05, 0.1) is 6.54 Å². The van der Waals surface area contributed by atoms with Crippen LogP contribution in [0.5, 0.6) is 0 Å². The highest BCUT2D eigenvalue weighted by Crippen LogP contribution is 1.97. The fraction of sp³-hybridized carbons (Fsp3) is 0.462. The zero-order valence-electron chi connectivity index (χ0n) is 11.9. The molecule has 1 heterocycles. The molecule has 0 unspecified atom stereocenters. The van der Waals surface area contributed by atoms with Crippen molar-refractivity contribution in [1.82, 2.24) is 15.2 Å². The van der Waals surface area contributed by atoms with Crippen LogP contribution in [0.25, 0.3) is 0 Å². The summed E-state index contributed by atoms with van der Waals surface area (Å²) in [6.45, 7) is 5.23. The van der Waals surface area contributed by atoms with Crippen molar-refractivity contribution in [2.45, 2.75) is 32.9 Å². The normalized spacial score (nSPS) is 10.9. The fourth-order valence-electron chi connectivity index (χ4n) is 1.53. The number of nitrogen functional groups attached to an aromatic ring is 1. The van der Waals surface area contributed by atoms with Gasteiger partial charge in [0, 0.05) is 23.5 Å². The summed E-state index contributed by atoms with van der Waals surface area (Å²) < 4.78 is 1.19. The summed E-state index contributed by atoms with van der Waals surface area (Å²) in [5.74, 6) is -0.715. The lowest BCUT2D eigenvalue weighted by Crippen LogP contribution is -2.46. The molecule has 1 aromatic heterocycles. The van der Waals surface area contributed by atoms with Crippen molar-refractivity contribution in [3.8, 4) is 0 Å². The lowest BCUT2D eigenvalue weighted by atomic mass is 10.1. The number of aromatic nitrogens is 1. The summed E-state index contributed by atoms with van der Waals surface area (Å²) in [6.07, 6.45) is 1.39. The van der Waals surface area contributed by atoms with E-state index in [2.05, 4.69) is 10.6 Å². The Labute approximate surface area is 117 Å². The first-order valence-corrected chi connectivity index (χ1v) is 6.21. The summed E-state index contributed by atoms with van der Waals surface area (Å²) in [6, 6.07) is 2.75. The van der Waals surface area contributed by atoms with Crippen molar-refractivity contribution >= 4 is 17.5 Å². The summed E-state index contributed by atoms with van der Waals surface area (Å²) in [5, 5.41) is 5.17. The standard InChI is InChI=1S/C13H20N4O3/c1-13(2,3)16-10(18)6-15-11(19)8-17-7-9(14)4-5-12(17)20/h4-5,7H,6,8,14H2,1-3H3,(H,15,19)(H,16,18). The molecule has 0 saturated heterocycles. The minimum atomic E-state index is -0.429. The molecule has 0 spiro atoms.